The van der Waals surface area contributed by atoms with E-state index in [0.717, 1.165) is 16.9 Å². The minimum Gasteiger partial charge on any atom is -0.494 e. The van der Waals surface area contributed by atoms with Crippen molar-refractivity contribution in [3.05, 3.63) is 65.5 Å². The van der Waals surface area contributed by atoms with Crippen LogP contribution in [0.1, 0.15) is 31.0 Å². The standard InChI is InChI=1S/C21H27FN2O2/c1-5-26-20-12-6-17(7-13-20)14-23(3)15-21(25)24(4)16(2)18-8-10-19(22)11-9-18/h6-13,16H,5,14-15H2,1-4H3. The van der Waals surface area contributed by atoms with Crippen molar-refractivity contribution in [2.45, 2.75) is 26.4 Å². The molecule has 0 spiro atoms. The van der Waals surface area contributed by atoms with Gasteiger partial charge < -0.3 is 9.64 Å². The summed E-state index contributed by atoms with van der Waals surface area (Å²) in [6, 6.07) is 14.1. The molecule has 5 heteroatoms. The average Bonchev–Trinajstić information content (AvgIpc) is 2.63. The Morgan fingerprint density at radius 2 is 1.69 bits per heavy atom. The van der Waals surface area contributed by atoms with E-state index >= 15 is 0 Å². The third kappa shape index (κ3) is 5.56. The highest BCUT2D eigenvalue weighted by molar-refractivity contribution is 5.78. The van der Waals surface area contributed by atoms with Crippen LogP contribution < -0.4 is 4.74 Å². The molecule has 0 aromatic heterocycles. The first kappa shape index (κ1) is 19.9. The largest absolute Gasteiger partial charge is 0.494 e. The monoisotopic (exact) mass is 358 g/mol. The molecule has 0 aliphatic carbocycles. The van der Waals surface area contributed by atoms with Crippen molar-refractivity contribution in [3.8, 4) is 5.75 Å². The number of carbonyl (C=O) groups is 1. The number of hydrogen-bond acceptors (Lipinski definition) is 3. The van der Waals surface area contributed by atoms with Crippen molar-refractivity contribution in [3.63, 3.8) is 0 Å². The highest BCUT2D eigenvalue weighted by Gasteiger charge is 2.18. The van der Waals surface area contributed by atoms with Gasteiger partial charge in [-0.15, -0.1) is 0 Å². The lowest BCUT2D eigenvalue weighted by molar-refractivity contribution is -0.132. The molecule has 26 heavy (non-hydrogen) atoms. The number of ether oxygens (including phenoxy) is 1. The smallest absolute Gasteiger partial charge is 0.236 e. The summed E-state index contributed by atoms with van der Waals surface area (Å²) in [5.74, 6) is 0.600. The van der Waals surface area contributed by atoms with Gasteiger partial charge in [0.05, 0.1) is 19.2 Å². The molecule has 0 aliphatic heterocycles. The number of likely N-dealkylation sites (N-methyl/N-ethyl adjacent to an activating group) is 2. The Kier molecular flexibility index (Phi) is 7.16. The molecule has 4 nitrogen and oxygen atoms in total. The molecular formula is C21H27FN2O2. The molecule has 0 bridgehead atoms. The van der Waals surface area contributed by atoms with E-state index in [1.165, 1.54) is 12.1 Å². The molecule has 0 radical (unpaired) electrons. The van der Waals surface area contributed by atoms with Crippen LogP contribution in [0.15, 0.2) is 48.5 Å². The van der Waals surface area contributed by atoms with E-state index in [0.29, 0.717) is 19.7 Å². The Morgan fingerprint density at radius 3 is 2.27 bits per heavy atom. The first-order valence-electron chi connectivity index (χ1n) is 8.82. The molecule has 0 saturated carbocycles. The van der Waals surface area contributed by atoms with Gasteiger partial charge in [0.25, 0.3) is 0 Å². The van der Waals surface area contributed by atoms with Gasteiger partial charge in [0.15, 0.2) is 0 Å². The van der Waals surface area contributed by atoms with E-state index in [2.05, 4.69) is 0 Å². The molecule has 1 amide bonds. The number of nitrogens with zero attached hydrogens (tertiary/aromatic N) is 2. The molecule has 0 N–H and O–H groups in total. The summed E-state index contributed by atoms with van der Waals surface area (Å²) in [5, 5.41) is 0. The molecule has 0 fully saturated rings. The van der Waals surface area contributed by atoms with Gasteiger partial charge in [-0.05, 0) is 56.3 Å². The molecule has 2 rings (SSSR count). The second-order valence-corrected chi connectivity index (χ2v) is 6.48. The van der Waals surface area contributed by atoms with Crippen LogP contribution in [-0.4, -0.2) is 43.0 Å². The number of benzene rings is 2. The quantitative estimate of drug-likeness (QED) is 0.718. The molecule has 0 heterocycles. The number of halogens is 1. The maximum atomic E-state index is 13.1. The zero-order chi connectivity index (χ0) is 19.1. The normalized spacial score (nSPS) is 12.1. The van der Waals surface area contributed by atoms with E-state index in [1.54, 1.807) is 24.1 Å². The van der Waals surface area contributed by atoms with Crippen LogP contribution in [0.2, 0.25) is 0 Å². The zero-order valence-electron chi connectivity index (χ0n) is 15.9. The number of amides is 1. The highest BCUT2D eigenvalue weighted by atomic mass is 19.1. The van der Waals surface area contributed by atoms with E-state index in [1.807, 2.05) is 50.1 Å². The van der Waals surface area contributed by atoms with Crippen LogP contribution in [0.5, 0.6) is 5.75 Å². The number of hydrogen-bond donors (Lipinski definition) is 0. The lowest BCUT2D eigenvalue weighted by Gasteiger charge is -2.27. The van der Waals surface area contributed by atoms with Gasteiger partial charge >= 0.3 is 0 Å². The molecule has 2 aromatic rings. The van der Waals surface area contributed by atoms with E-state index in [4.69, 9.17) is 4.74 Å². The maximum Gasteiger partial charge on any atom is 0.236 e. The summed E-state index contributed by atoms with van der Waals surface area (Å²) in [6.07, 6.45) is 0. The predicted octanol–water partition coefficient (Wildman–Crippen LogP) is 3.88. The minimum atomic E-state index is -0.273. The second kappa shape index (κ2) is 9.34. The first-order chi connectivity index (χ1) is 12.4. The summed E-state index contributed by atoms with van der Waals surface area (Å²) < 4.78 is 18.5. The summed E-state index contributed by atoms with van der Waals surface area (Å²) in [5.41, 5.74) is 2.04. The van der Waals surface area contributed by atoms with Crippen molar-refractivity contribution >= 4 is 5.91 Å². The van der Waals surface area contributed by atoms with Gasteiger partial charge in [0.1, 0.15) is 11.6 Å². The van der Waals surface area contributed by atoms with Crippen molar-refractivity contribution in [1.29, 1.82) is 0 Å². The molecule has 140 valence electrons. The van der Waals surface area contributed by atoms with E-state index in [-0.39, 0.29) is 17.8 Å². The summed E-state index contributed by atoms with van der Waals surface area (Å²) in [4.78, 5) is 16.2. The Morgan fingerprint density at radius 1 is 1.08 bits per heavy atom. The summed E-state index contributed by atoms with van der Waals surface area (Å²) >= 11 is 0. The number of rotatable bonds is 8. The highest BCUT2D eigenvalue weighted by Crippen LogP contribution is 2.19. The van der Waals surface area contributed by atoms with Crippen molar-refractivity contribution < 1.29 is 13.9 Å². The second-order valence-electron chi connectivity index (χ2n) is 6.48. The van der Waals surface area contributed by atoms with Crippen LogP contribution in [0.25, 0.3) is 0 Å². The van der Waals surface area contributed by atoms with E-state index < -0.39 is 0 Å². The fraction of sp³-hybridized carbons (Fsp3) is 0.381. The van der Waals surface area contributed by atoms with Crippen LogP contribution in [-0.2, 0) is 11.3 Å². The van der Waals surface area contributed by atoms with Crippen LogP contribution in [0.4, 0.5) is 4.39 Å². The Bertz CT molecular complexity index is 701. The summed E-state index contributed by atoms with van der Waals surface area (Å²) in [7, 11) is 3.70. The van der Waals surface area contributed by atoms with Crippen LogP contribution in [0, 0.1) is 5.82 Å². The topological polar surface area (TPSA) is 32.8 Å². The Hall–Kier alpha value is -2.40. The fourth-order valence-corrected chi connectivity index (χ4v) is 2.75. The molecule has 2 aromatic carbocycles. The van der Waals surface area contributed by atoms with Gasteiger partial charge in [-0.1, -0.05) is 24.3 Å². The zero-order valence-corrected chi connectivity index (χ0v) is 15.9. The van der Waals surface area contributed by atoms with Crippen molar-refractivity contribution in [2.24, 2.45) is 0 Å². The van der Waals surface area contributed by atoms with Crippen LogP contribution in [0.3, 0.4) is 0 Å². The van der Waals surface area contributed by atoms with Crippen LogP contribution >= 0.6 is 0 Å². The Labute approximate surface area is 155 Å². The van der Waals surface area contributed by atoms with Crippen molar-refractivity contribution in [2.75, 3.05) is 27.2 Å². The minimum absolute atomic E-state index is 0.0234. The lowest BCUT2D eigenvalue weighted by atomic mass is 10.1. The molecule has 1 atom stereocenters. The maximum absolute atomic E-state index is 13.1. The Balaban J connectivity index is 1.89. The van der Waals surface area contributed by atoms with Gasteiger partial charge in [0, 0.05) is 13.6 Å². The summed E-state index contributed by atoms with van der Waals surface area (Å²) in [6.45, 7) is 5.53. The van der Waals surface area contributed by atoms with Gasteiger partial charge in [0.2, 0.25) is 5.91 Å². The average molecular weight is 358 g/mol. The first-order valence-corrected chi connectivity index (χ1v) is 8.82. The molecule has 0 saturated heterocycles. The SMILES string of the molecule is CCOc1ccc(CN(C)CC(=O)N(C)C(C)c2ccc(F)cc2)cc1. The van der Waals surface area contributed by atoms with Gasteiger partial charge in [-0.3, -0.25) is 9.69 Å². The van der Waals surface area contributed by atoms with E-state index in [9.17, 15) is 9.18 Å². The molecule has 0 aliphatic rings. The predicted molar refractivity (Wildman–Crippen MR) is 102 cm³/mol. The number of carbonyl (C=O) groups excluding carboxylic acids is 1. The van der Waals surface area contributed by atoms with Gasteiger partial charge in [-0.2, -0.15) is 0 Å². The molecular weight excluding hydrogens is 331 g/mol. The molecule has 1 unspecified atom stereocenters. The van der Waals surface area contributed by atoms with Crippen molar-refractivity contribution in [1.82, 2.24) is 9.80 Å². The fourth-order valence-electron chi connectivity index (χ4n) is 2.75. The third-order valence-electron chi connectivity index (χ3n) is 4.42. The lowest BCUT2D eigenvalue weighted by Crippen LogP contribution is -2.37. The third-order valence-corrected chi connectivity index (χ3v) is 4.42. The van der Waals surface area contributed by atoms with Gasteiger partial charge in [-0.25, -0.2) is 4.39 Å².